The molecule has 3 aromatic heterocycles. The van der Waals surface area contributed by atoms with Crippen LogP contribution in [0, 0.1) is 13.8 Å². The Balaban J connectivity index is 1.61. The molecule has 1 aromatic carbocycles. The quantitative estimate of drug-likeness (QED) is 0.500. The Bertz CT molecular complexity index is 1230. The van der Waals surface area contributed by atoms with Gasteiger partial charge in [-0.25, -0.2) is 8.42 Å². The van der Waals surface area contributed by atoms with Crippen LogP contribution in [0.15, 0.2) is 58.2 Å². The van der Waals surface area contributed by atoms with Crippen molar-refractivity contribution in [3.8, 4) is 11.4 Å². The first kappa shape index (κ1) is 18.8. The van der Waals surface area contributed by atoms with Gasteiger partial charge in [0.2, 0.25) is 11.7 Å². The highest BCUT2D eigenvalue weighted by atomic mass is 32.2. The predicted octanol–water partition coefficient (Wildman–Crippen LogP) is 2.86. The van der Waals surface area contributed by atoms with Gasteiger partial charge in [0.15, 0.2) is 0 Å². The first-order valence-electron chi connectivity index (χ1n) is 8.79. The number of rotatable bonds is 6. The summed E-state index contributed by atoms with van der Waals surface area (Å²) in [6.45, 7) is 3.31. The van der Waals surface area contributed by atoms with Gasteiger partial charge in [0, 0.05) is 18.0 Å². The fourth-order valence-electron chi connectivity index (χ4n) is 3.01. The SMILES string of the molecule is Cc1n[nH]c(C)c1S(=O)(=O)Nc1ccccc1Cc1nc(-c2cccnc2)no1. The lowest BCUT2D eigenvalue weighted by Gasteiger charge is -2.11. The van der Waals surface area contributed by atoms with Gasteiger partial charge < -0.3 is 4.52 Å². The van der Waals surface area contributed by atoms with E-state index in [1.54, 1.807) is 50.5 Å². The Labute approximate surface area is 167 Å². The van der Waals surface area contributed by atoms with Crippen LogP contribution in [0.1, 0.15) is 22.8 Å². The van der Waals surface area contributed by atoms with E-state index >= 15 is 0 Å². The largest absolute Gasteiger partial charge is 0.339 e. The minimum Gasteiger partial charge on any atom is -0.339 e. The van der Waals surface area contributed by atoms with E-state index in [0.717, 1.165) is 5.56 Å². The van der Waals surface area contributed by atoms with E-state index in [2.05, 4.69) is 30.0 Å². The number of aromatic amines is 1. The fourth-order valence-corrected chi connectivity index (χ4v) is 4.48. The number of nitrogens with zero attached hydrogens (tertiary/aromatic N) is 4. The summed E-state index contributed by atoms with van der Waals surface area (Å²) < 4.78 is 33.7. The molecular weight excluding hydrogens is 392 g/mol. The number of H-pyrrole nitrogens is 1. The van der Waals surface area contributed by atoms with Gasteiger partial charge in [-0.1, -0.05) is 23.4 Å². The zero-order valence-corrected chi connectivity index (χ0v) is 16.6. The molecular formula is C19H18N6O3S. The Morgan fingerprint density at radius 1 is 1.14 bits per heavy atom. The summed E-state index contributed by atoms with van der Waals surface area (Å²) in [4.78, 5) is 8.57. The molecule has 0 spiro atoms. The highest BCUT2D eigenvalue weighted by Crippen LogP contribution is 2.25. The van der Waals surface area contributed by atoms with Gasteiger partial charge in [-0.3, -0.25) is 14.8 Å². The number of benzene rings is 1. The lowest BCUT2D eigenvalue weighted by molar-refractivity contribution is 0.386. The Morgan fingerprint density at radius 2 is 1.97 bits per heavy atom. The van der Waals surface area contributed by atoms with Crippen LogP contribution in [0.5, 0.6) is 0 Å². The third-order valence-corrected chi connectivity index (χ3v) is 5.95. The maximum absolute atomic E-state index is 12.9. The van der Waals surface area contributed by atoms with Crippen LogP contribution in [0.3, 0.4) is 0 Å². The number of nitrogens with one attached hydrogen (secondary N) is 2. The van der Waals surface area contributed by atoms with Crippen molar-refractivity contribution in [2.24, 2.45) is 0 Å². The van der Waals surface area contributed by atoms with Crippen molar-refractivity contribution < 1.29 is 12.9 Å². The summed E-state index contributed by atoms with van der Waals surface area (Å²) in [6.07, 6.45) is 3.58. The molecule has 0 atom stereocenters. The van der Waals surface area contributed by atoms with E-state index in [1.807, 2.05) is 12.1 Å². The van der Waals surface area contributed by atoms with E-state index in [-0.39, 0.29) is 11.3 Å². The maximum atomic E-state index is 12.9. The van der Waals surface area contributed by atoms with Gasteiger partial charge in [-0.2, -0.15) is 10.1 Å². The molecule has 0 saturated carbocycles. The summed E-state index contributed by atoms with van der Waals surface area (Å²) in [6, 6.07) is 10.7. The second kappa shape index (κ2) is 7.47. The summed E-state index contributed by atoms with van der Waals surface area (Å²) in [5.41, 5.74) is 2.77. The molecule has 9 nitrogen and oxygen atoms in total. The Hall–Kier alpha value is -3.53. The van der Waals surface area contributed by atoms with Gasteiger partial charge >= 0.3 is 0 Å². The number of aromatic nitrogens is 5. The van der Waals surface area contributed by atoms with Crippen LogP contribution in [0.2, 0.25) is 0 Å². The summed E-state index contributed by atoms with van der Waals surface area (Å²) in [5.74, 6) is 0.794. The van der Waals surface area contributed by atoms with Crippen molar-refractivity contribution in [1.82, 2.24) is 25.3 Å². The van der Waals surface area contributed by atoms with Gasteiger partial charge in [0.1, 0.15) is 4.90 Å². The first-order chi connectivity index (χ1) is 13.9. The zero-order valence-electron chi connectivity index (χ0n) is 15.7. The number of anilines is 1. The predicted molar refractivity (Wildman–Crippen MR) is 106 cm³/mol. The van der Waals surface area contributed by atoms with Crippen molar-refractivity contribution in [2.75, 3.05) is 4.72 Å². The fraction of sp³-hybridized carbons (Fsp3) is 0.158. The molecule has 0 fully saturated rings. The van der Waals surface area contributed by atoms with Crippen molar-refractivity contribution in [1.29, 1.82) is 0 Å². The minimum absolute atomic E-state index is 0.143. The molecule has 10 heteroatoms. The third kappa shape index (κ3) is 3.87. The van der Waals surface area contributed by atoms with Gasteiger partial charge in [0.05, 0.1) is 23.5 Å². The van der Waals surface area contributed by atoms with E-state index < -0.39 is 10.0 Å². The van der Waals surface area contributed by atoms with Crippen LogP contribution >= 0.6 is 0 Å². The van der Waals surface area contributed by atoms with Crippen molar-refractivity contribution in [2.45, 2.75) is 25.2 Å². The lowest BCUT2D eigenvalue weighted by atomic mass is 10.1. The molecule has 4 aromatic rings. The molecule has 29 heavy (non-hydrogen) atoms. The van der Waals surface area contributed by atoms with Crippen LogP contribution in [-0.4, -0.2) is 33.7 Å². The topological polar surface area (TPSA) is 127 Å². The Morgan fingerprint density at radius 3 is 2.69 bits per heavy atom. The van der Waals surface area contributed by atoms with Gasteiger partial charge in [-0.05, 0) is 37.6 Å². The van der Waals surface area contributed by atoms with E-state index in [4.69, 9.17) is 4.52 Å². The molecule has 0 unspecified atom stereocenters. The molecule has 0 aliphatic carbocycles. The molecule has 2 N–H and O–H groups in total. The highest BCUT2D eigenvalue weighted by Gasteiger charge is 2.23. The molecule has 0 aliphatic heterocycles. The Kier molecular flexibility index (Phi) is 4.85. The molecule has 0 saturated heterocycles. The standard InChI is InChI=1S/C19H18N6O3S/c1-12-18(13(2)23-22-12)29(26,27)25-16-8-4-3-6-14(16)10-17-21-19(24-28-17)15-7-5-9-20-11-15/h3-9,11,25H,10H2,1-2H3,(H,22,23). The average Bonchev–Trinajstić information content (AvgIpc) is 3.30. The number of hydrogen-bond acceptors (Lipinski definition) is 7. The summed E-state index contributed by atoms with van der Waals surface area (Å²) in [7, 11) is -3.80. The average molecular weight is 410 g/mol. The van der Waals surface area contributed by atoms with Crippen LogP contribution in [0.25, 0.3) is 11.4 Å². The van der Waals surface area contributed by atoms with Crippen LogP contribution < -0.4 is 4.72 Å². The molecule has 0 bridgehead atoms. The molecule has 0 radical (unpaired) electrons. The number of aryl methyl sites for hydroxylation is 2. The monoisotopic (exact) mass is 410 g/mol. The van der Waals surface area contributed by atoms with E-state index in [9.17, 15) is 8.42 Å². The number of pyridine rings is 1. The molecule has 148 valence electrons. The summed E-state index contributed by atoms with van der Waals surface area (Å²) >= 11 is 0. The van der Waals surface area contributed by atoms with Crippen molar-refractivity contribution >= 4 is 15.7 Å². The zero-order chi connectivity index (χ0) is 20.4. The summed E-state index contributed by atoms with van der Waals surface area (Å²) in [5, 5.41) is 10.6. The third-order valence-electron chi connectivity index (χ3n) is 4.32. The van der Waals surface area contributed by atoms with E-state index in [0.29, 0.717) is 34.4 Å². The van der Waals surface area contributed by atoms with Gasteiger partial charge in [0.25, 0.3) is 10.0 Å². The first-order valence-corrected chi connectivity index (χ1v) is 10.3. The molecule has 0 aliphatic rings. The molecule has 3 heterocycles. The minimum atomic E-state index is -3.80. The lowest BCUT2D eigenvalue weighted by Crippen LogP contribution is -2.16. The molecule has 0 amide bonds. The van der Waals surface area contributed by atoms with Crippen molar-refractivity contribution in [3.05, 3.63) is 71.6 Å². The number of hydrogen-bond donors (Lipinski definition) is 2. The molecule has 4 rings (SSSR count). The smallest absolute Gasteiger partial charge is 0.265 e. The van der Waals surface area contributed by atoms with Crippen molar-refractivity contribution in [3.63, 3.8) is 0 Å². The van der Waals surface area contributed by atoms with E-state index in [1.165, 1.54) is 0 Å². The second-order valence-electron chi connectivity index (χ2n) is 6.46. The number of sulfonamides is 1. The van der Waals surface area contributed by atoms with Crippen LogP contribution in [-0.2, 0) is 16.4 Å². The normalized spacial score (nSPS) is 11.5. The highest BCUT2D eigenvalue weighted by molar-refractivity contribution is 7.92. The number of para-hydroxylation sites is 1. The van der Waals surface area contributed by atoms with Crippen LogP contribution in [0.4, 0.5) is 5.69 Å². The van der Waals surface area contributed by atoms with Gasteiger partial charge in [-0.15, -0.1) is 0 Å². The second-order valence-corrected chi connectivity index (χ2v) is 8.08. The maximum Gasteiger partial charge on any atom is 0.265 e.